The summed E-state index contributed by atoms with van der Waals surface area (Å²) in [5.41, 5.74) is 2.80. The number of hydrogen-bond donors (Lipinski definition) is 1. The van der Waals surface area contributed by atoms with E-state index in [1.54, 1.807) is 0 Å². The van der Waals surface area contributed by atoms with Crippen molar-refractivity contribution in [2.75, 3.05) is 13.6 Å². The Morgan fingerprint density at radius 1 is 0.523 bits per heavy atom. The standard InChI is InChI=1S/C38H39O5P/c1-38(2,3)31-19-14-24-36(37(31)39)44(34-22-12-10-20-32(34)42-27-40-25-29-15-6-4-7-16-29)35-23-13-11-21-33(35)43-28-41-26-30-17-8-5-9-18-30/h4-24,39H,25-28H2,1-3H3. The minimum Gasteiger partial charge on any atom is -0.507 e. The summed E-state index contributed by atoms with van der Waals surface area (Å²) < 4.78 is 24.3. The van der Waals surface area contributed by atoms with Gasteiger partial charge in [-0.25, -0.2) is 0 Å². The van der Waals surface area contributed by atoms with Gasteiger partial charge in [-0.3, -0.25) is 0 Å². The lowest BCUT2D eigenvalue weighted by atomic mass is 9.86. The van der Waals surface area contributed by atoms with Crippen molar-refractivity contribution in [1.29, 1.82) is 0 Å². The van der Waals surface area contributed by atoms with Gasteiger partial charge >= 0.3 is 0 Å². The van der Waals surface area contributed by atoms with Crippen molar-refractivity contribution >= 4 is 23.8 Å². The molecule has 0 radical (unpaired) electrons. The fraction of sp³-hybridized carbons (Fsp3) is 0.211. The maximum Gasteiger partial charge on any atom is 0.189 e. The summed E-state index contributed by atoms with van der Waals surface area (Å²) in [6, 6.07) is 42.0. The minimum atomic E-state index is -1.31. The zero-order valence-corrected chi connectivity index (χ0v) is 26.4. The fourth-order valence-electron chi connectivity index (χ4n) is 4.91. The summed E-state index contributed by atoms with van der Waals surface area (Å²) in [6.45, 7) is 7.41. The Morgan fingerprint density at radius 2 is 0.955 bits per heavy atom. The molecule has 0 aliphatic rings. The van der Waals surface area contributed by atoms with E-state index in [4.69, 9.17) is 18.9 Å². The Labute approximate surface area is 261 Å². The first-order valence-electron chi connectivity index (χ1n) is 14.7. The zero-order valence-electron chi connectivity index (χ0n) is 25.5. The van der Waals surface area contributed by atoms with Crippen LogP contribution in [0.3, 0.4) is 0 Å². The van der Waals surface area contributed by atoms with Crippen LogP contribution in [-0.2, 0) is 28.1 Å². The van der Waals surface area contributed by atoms with Gasteiger partial charge in [0.25, 0.3) is 0 Å². The van der Waals surface area contributed by atoms with Crippen LogP contribution in [0.5, 0.6) is 17.2 Å². The van der Waals surface area contributed by atoms with E-state index in [1.165, 1.54) is 0 Å². The first kappa shape index (κ1) is 31.3. The topological polar surface area (TPSA) is 57.2 Å². The molecule has 0 bridgehead atoms. The van der Waals surface area contributed by atoms with Gasteiger partial charge in [-0.1, -0.05) is 136 Å². The van der Waals surface area contributed by atoms with Gasteiger partial charge in [0, 0.05) is 15.9 Å². The molecule has 0 atom stereocenters. The van der Waals surface area contributed by atoms with Crippen LogP contribution in [0.15, 0.2) is 127 Å². The summed E-state index contributed by atoms with van der Waals surface area (Å²) in [7, 11) is -1.31. The van der Waals surface area contributed by atoms with Crippen LogP contribution in [0, 0.1) is 0 Å². The van der Waals surface area contributed by atoms with E-state index in [2.05, 4.69) is 32.9 Å². The molecule has 5 rings (SSSR count). The van der Waals surface area contributed by atoms with Gasteiger partial charge in [0.05, 0.1) is 13.2 Å². The SMILES string of the molecule is CC(C)(C)c1cccc(P(c2ccccc2OCOCc2ccccc2)c2ccccc2OCOCc2ccccc2)c1O. The second-order valence-electron chi connectivity index (χ2n) is 11.4. The number of phenols is 1. The highest BCUT2D eigenvalue weighted by atomic mass is 31.1. The molecule has 0 aliphatic carbocycles. The van der Waals surface area contributed by atoms with Gasteiger partial charge in [-0.15, -0.1) is 0 Å². The minimum absolute atomic E-state index is 0.0918. The maximum atomic E-state index is 11.8. The normalized spacial score (nSPS) is 11.5. The van der Waals surface area contributed by atoms with Crippen molar-refractivity contribution in [2.45, 2.75) is 39.4 Å². The lowest BCUT2D eigenvalue weighted by molar-refractivity contribution is 0.00562. The van der Waals surface area contributed by atoms with Crippen molar-refractivity contribution in [2.24, 2.45) is 0 Å². The van der Waals surface area contributed by atoms with Gasteiger partial charge in [0.1, 0.15) is 17.2 Å². The van der Waals surface area contributed by atoms with Crippen LogP contribution in [0.2, 0.25) is 0 Å². The van der Waals surface area contributed by atoms with Gasteiger partial charge in [0.15, 0.2) is 13.6 Å². The van der Waals surface area contributed by atoms with E-state index in [-0.39, 0.29) is 24.8 Å². The molecular formula is C38H39O5P. The van der Waals surface area contributed by atoms with Crippen LogP contribution in [0.25, 0.3) is 0 Å². The number of benzene rings is 5. The lowest BCUT2D eigenvalue weighted by Gasteiger charge is -2.28. The molecule has 0 heterocycles. The third-order valence-corrected chi connectivity index (χ3v) is 9.64. The molecule has 0 aromatic heterocycles. The van der Waals surface area contributed by atoms with Crippen molar-refractivity contribution < 1.29 is 24.1 Å². The number of aromatic hydroxyl groups is 1. The summed E-state index contributed by atoms with van der Waals surface area (Å²) in [4.78, 5) is 0. The molecule has 0 unspecified atom stereocenters. The highest BCUT2D eigenvalue weighted by Gasteiger charge is 2.29. The first-order valence-corrected chi connectivity index (χ1v) is 16.1. The Hall–Kier alpha value is -4.15. The van der Waals surface area contributed by atoms with E-state index in [0.29, 0.717) is 24.7 Å². The number of ether oxygens (including phenoxy) is 4. The number of rotatable bonds is 13. The predicted octanol–water partition coefficient (Wildman–Crippen LogP) is 7.55. The largest absolute Gasteiger partial charge is 0.507 e. The average molecular weight is 607 g/mol. The second-order valence-corrected chi connectivity index (χ2v) is 13.5. The van der Waals surface area contributed by atoms with Gasteiger partial charge < -0.3 is 24.1 Å². The van der Waals surface area contributed by atoms with E-state index < -0.39 is 7.92 Å². The third kappa shape index (κ3) is 8.06. The molecule has 5 aromatic rings. The van der Waals surface area contributed by atoms with E-state index >= 15 is 0 Å². The zero-order chi connectivity index (χ0) is 30.8. The van der Waals surface area contributed by atoms with Crippen molar-refractivity contribution in [3.05, 3.63) is 144 Å². The van der Waals surface area contributed by atoms with Gasteiger partial charge in [-0.2, -0.15) is 0 Å². The molecule has 5 nitrogen and oxygen atoms in total. The van der Waals surface area contributed by atoms with E-state index in [0.717, 1.165) is 32.6 Å². The Morgan fingerprint density at radius 3 is 1.43 bits per heavy atom. The van der Waals surface area contributed by atoms with Crippen molar-refractivity contribution in [1.82, 2.24) is 0 Å². The van der Waals surface area contributed by atoms with E-state index in [1.807, 2.05) is 115 Å². The van der Waals surface area contributed by atoms with Crippen molar-refractivity contribution in [3.8, 4) is 17.2 Å². The maximum absolute atomic E-state index is 11.8. The molecule has 0 aliphatic heterocycles. The Bertz CT molecular complexity index is 1520. The molecule has 0 saturated heterocycles. The van der Waals surface area contributed by atoms with Crippen molar-refractivity contribution in [3.63, 3.8) is 0 Å². The lowest BCUT2D eigenvalue weighted by Crippen LogP contribution is -2.26. The van der Waals surface area contributed by atoms with Crippen LogP contribution in [-0.4, -0.2) is 18.7 Å². The van der Waals surface area contributed by atoms with Gasteiger partial charge in [-0.05, 0) is 42.2 Å². The monoisotopic (exact) mass is 606 g/mol. The molecular weight excluding hydrogens is 567 g/mol. The smallest absolute Gasteiger partial charge is 0.189 e. The molecule has 0 spiro atoms. The van der Waals surface area contributed by atoms with Crippen LogP contribution < -0.4 is 25.4 Å². The summed E-state index contributed by atoms with van der Waals surface area (Å²) >= 11 is 0. The molecule has 0 fully saturated rings. The highest BCUT2D eigenvalue weighted by molar-refractivity contribution is 7.80. The third-order valence-electron chi connectivity index (χ3n) is 7.09. The van der Waals surface area contributed by atoms with Crippen LogP contribution in [0.1, 0.15) is 37.5 Å². The molecule has 5 aromatic carbocycles. The first-order chi connectivity index (χ1) is 21.4. The van der Waals surface area contributed by atoms with Crippen LogP contribution in [0.4, 0.5) is 0 Å². The number of hydrogen-bond acceptors (Lipinski definition) is 5. The second kappa shape index (κ2) is 15.0. The Kier molecular flexibility index (Phi) is 10.7. The fourth-order valence-corrected chi connectivity index (χ4v) is 7.45. The van der Waals surface area contributed by atoms with Gasteiger partial charge in [0.2, 0.25) is 0 Å². The molecule has 226 valence electrons. The van der Waals surface area contributed by atoms with Crippen LogP contribution >= 0.6 is 7.92 Å². The quantitative estimate of drug-likeness (QED) is 0.0852. The molecule has 6 heteroatoms. The Balaban J connectivity index is 1.47. The molecule has 1 N–H and O–H groups in total. The summed E-state index contributed by atoms with van der Waals surface area (Å²) in [5, 5.41) is 14.5. The molecule has 0 amide bonds. The van der Waals surface area contributed by atoms with E-state index in [9.17, 15) is 5.11 Å². The highest BCUT2D eigenvalue weighted by Crippen LogP contribution is 2.44. The molecule has 44 heavy (non-hydrogen) atoms. The molecule has 0 saturated carbocycles. The number of phenolic OH excluding ortho intramolecular Hbond substituents is 1. The number of para-hydroxylation sites is 3. The summed E-state index contributed by atoms with van der Waals surface area (Å²) in [6.07, 6.45) is 0. The summed E-state index contributed by atoms with van der Waals surface area (Å²) in [5.74, 6) is 1.68. The average Bonchev–Trinajstić information content (AvgIpc) is 3.04. The predicted molar refractivity (Wildman–Crippen MR) is 179 cm³/mol.